The smallest absolute Gasteiger partial charge is 0.270 e. The van der Waals surface area contributed by atoms with Crippen LogP contribution in [0.5, 0.6) is 0 Å². The predicted octanol–water partition coefficient (Wildman–Crippen LogP) is 0.950. The zero-order valence-corrected chi connectivity index (χ0v) is 11.3. The lowest BCUT2D eigenvalue weighted by Crippen LogP contribution is -2.39. The first-order valence-electron chi connectivity index (χ1n) is 6.06. The van der Waals surface area contributed by atoms with Crippen LogP contribution >= 0.6 is 0 Å². The van der Waals surface area contributed by atoms with Crippen molar-refractivity contribution in [1.82, 2.24) is 16.1 Å². The summed E-state index contributed by atoms with van der Waals surface area (Å²) in [4.78, 5) is 14.7. The fourth-order valence-corrected chi connectivity index (χ4v) is 2.20. The van der Waals surface area contributed by atoms with E-state index in [0.717, 1.165) is 11.3 Å². The molecule has 0 aromatic rings. The molecule has 110 valence electrons. The van der Waals surface area contributed by atoms with E-state index >= 15 is 0 Å². The molecule has 10 heteroatoms. The largest absolute Gasteiger partial charge is 0.363 e. The average Bonchev–Trinajstić information content (AvgIpc) is 2.51. The summed E-state index contributed by atoms with van der Waals surface area (Å²) in [6, 6.07) is 0. The minimum Gasteiger partial charge on any atom is -0.363 e. The van der Waals surface area contributed by atoms with Crippen molar-refractivity contribution in [3.8, 4) is 0 Å². The average molecular weight is 290 g/mol. The second-order valence-electron chi connectivity index (χ2n) is 4.26. The Morgan fingerprint density at radius 1 is 1.71 bits per heavy atom. The van der Waals surface area contributed by atoms with Crippen LogP contribution in [0.4, 0.5) is 0 Å². The van der Waals surface area contributed by atoms with Gasteiger partial charge in [0.05, 0.1) is 6.54 Å². The molecule has 4 N–H and O–H groups in total. The summed E-state index contributed by atoms with van der Waals surface area (Å²) in [6.07, 6.45) is 3.49. The summed E-state index contributed by atoms with van der Waals surface area (Å²) < 4.78 is 5.31. The summed E-state index contributed by atoms with van der Waals surface area (Å²) >= 11 is 0. The topological polar surface area (TPSA) is 147 Å². The van der Waals surface area contributed by atoms with Gasteiger partial charge in [0, 0.05) is 47.2 Å². The minimum absolute atomic E-state index is 0.00690. The summed E-state index contributed by atoms with van der Waals surface area (Å²) in [7, 11) is 1.56. The van der Waals surface area contributed by atoms with Gasteiger partial charge in [-0.05, 0) is 11.6 Å². The molecule has 0 bridgehead atoms. The van der Waals surface area contributed by atoms with Crippen molar-refractivity contribution < 1.29 is 9.53 Å². The lowest BCUT2D eigenvalue weighted by molar-refractivity contribution is -0.117. The van der Waals surface area contributed by atoms with Crippen molar-refractivity contribution in [3.63, 3.8) is 0 Å². The number of dihydropyridines is 2. The quantitative estimate of drug-likeness (QED) is 0.258. The first-order valence-corrected chi connectivity index (χ1v) is 6.06. The fourth-order valence-electron chi connectivity index (χ4n) is 2.20. The Hall–Kier alpha value is -2.84. The fraction of sp³-hybridized carbons (Fsp3) is 0.364. The number of hydrogen-bond donors (Lipinski definition) is 4. The molecule has 0 saturated heterocycles. The highest BCUT2D eigenvalue weighted by atomic mass is 16.5. The van der Waals surface area contributed by atoms with Crippen LogP contribution in [0.2, 0.25) is 0 Å². The van der Waals surface area contributed by atoms with Gasteiger partial charge in [-0.15, -0.1) is 0 Å². The molecule has 2 rings (SSSR count). The Morgan fingerprint density at radius 3 is 3.19 bits per heavy atom. The number of rotatable bonds is 5. The van der Waals surface area contributed by atoms with Gasteiger partial charge in [-0.3, -0.25) is 4.79 Å². The Bertz CT molecular complexity index is 599. The molecule has 0 aliphatic carbocycles. The molecule has 0 saturated carbocycles. The highest BCUT2D eigenvalue weighted by Crippen LogP contribution is 2.28. The molecule has 21 heavy (non-hydrogen) atoms. The van der Waals surface area contributed by atoms with Gasteiger partial charge < -0.3 is 15.4 Å². The van der Waals surface area contributed by atoms with E-state index in [1.807, 2.05) is 6.08 Å². The zero-order chi connectivity index (χ0) is 15.2. The number of carbonyl (C=O) groups excluding carboxylic acids is 1. The molecule has 0 aromatic heterocycles. The van der Waals surface area contributed by atoms with E-state index in [0.29, 0.717) is 17.7 Å². The number of azide groups is 1. The molecular weight excluding hydrogens is 276 g/mol. The van der Waals surface area contributed by atoms with Crippen molar-refractivity contribution in [2.45, 2.75) is 12.6 Å². The monoisotopic (exact) mass is 290 g/mol. The van der Waals surface area contributed by atoms with Gasteiger partial charge in [-0.1, -0.05) is 10.3 Å². The Balaban J connectivity index is 2.33. The molecule has 1 atom stereocenters. The van der Waals surface area contributed by atoms with E-state index in [-0.39, 0.29) is 12.8 Å². The van der Waals surface area contributed by atoms with Crippen LogP contribution in [0.15, 0.2) is 45.2 Å². The maximum absolute atomic E-state index is 12.0. The molecule has 2 aliphatic heterocycles. The number of ether oxygens (including phenoxy) is 1. The molecule has 2 heterocycles. The summed E-state index contributed by atoms with van der Waals surface area (Å²) in [6.45, 7) is 0.00690. The number of amides is 1. The third kappa shape index (κ3) is 3.02. The first kappa shape index (κ1) is 14.6. The van der Waals surface area contributed by atoms with E-state index in [9.17, 15) is 4.79 Å². The molecule has 1 amide bonds. The second-order valence-corrected chi connectivity index (χ2v) is 4.26. The molecule has 10 nitrogen and oxygen atoms in total. The van der Waals surface area contributed by atoms with Crippen molar-refractivity contribution in [1.29, 1.82) is 5.53 Å². The van der Waals surface area contributed by atoms with Crippen LogP contribution < -0.4 is 16.1 Å². The van der Waals surface area contributed by atoms with E-state index in [1.165, 1.54) is 0 Å². The van der Waals surface area contributed by atoms with E-state index < -0.39 is 5.91 Å². The normalized spacial score (nSPS) is 20.0. The maximum atomic E-state index is 12.0. The van der Waals surface area contributed by atoms with Crippen LogP contribution in [0.25, 0.3) is 10.4 Å². The Morgan fingerprint density at radius 2 is 2.52 bits per heavy atom. The molecule has 1 unspecified atom stereocenters. The van der Waals surface area contributed by atoms with Gasteiger partial charge in [0.2, 0.25) is 0 Å². The molecule has 2 aliphatic rings. The van der Waals surface area contributed by atoms with Crippen molar-refractivity contribution >= 4 is 5.91 Å². The van der Waals surface area contributed by atoms with Gasteiger partial charge >= 0.3 is 0 Å². The number of allylic oxidation sites excluding steroid dienone is 1. The van der Waals surface area contributed by atoms with Gasteiger partial charge in [0.25, 0.3) is 5.91 Å². The third-order valence-electron chi connectivity index (χ3n) is 3.14. The van der Waals surface area contributed by atoms with E-state index in [2.05, 4.69) is 31.3 Å². The van der Waals surface area contributed by atoms with Crippen LogP contribution in [0, 0.1) is 5.53 Å². The van der Waals surface area contributed by atoms with Crippen LogP contribution in [-0.2, 0) is 9.53 Å². The molecule has 0 aromatic carbocycles. The molecule has 0 spiro atoms. The van der Waals surface area contributed by atoms with Crippen molar-refractivity contribution in [3.05, 3.63) is 45.3 Å². The maximum Gasteiger partial charge on any atom is 0.270 e. The summed E-state index contributed by atoms with van der Waals surface area (Å²) in [5.41, 5.74) is 19.7. The van der Waals surface area contributed by atoms with Crippen LogP contribution in [0.1, 0.15) is 6.42 Å². The molecule has 0 radical (unpaired) electrons. The first-order chi connectivity index (χ1) is 10.2. The third-order valence-corrected chi connectivity index (χ3v) is 3.14. The lowest BCUT2D eigenvalue weighted by Gasteiger charge is -2.31. The van der Waals surface area contributed by atoms with Crippen molar-refractivity contribution in [2.24, 2.45) is 10.3 Å². The van der Waals surface area contributed by atoms with Gasteiger partial charge in [0.1, 0.15) is 0 Å². The highest BCUT2D eigenvalue weighted by Gasteiger charge is 2.29. The predicted molar refractivity (Wildman–Crippen MR) is 72.2 cm³/mol. The minimum atomic E-state index is -0.517. The van der Waals surface area contributed by atoms with Gasteiger partial charge in [-0.2, -0.15) is 5.53 Å². The Labute approximate surface area is 120 Å². The highest BCUT2D eigenvalue weighted by molar-refractivity contribution is 5.94. The van der Waals surface area contributed by atoms with Crippen LogP contribution in [-0.4, -0.2) is 25.8 Å². The van der Waals surface area contributed by atoms with Gasteiger partial charge in [-0.25, -0.2) is 5.43 Å². The number of nitrogens with one attached hydrogen (secondary N) is 4. The molecular formula is C11H14N8O2. The standard InChI is InChI=1S/C11H14N8O2/c1-21-11-7-4-6(10(20)17-19-13)9(5-15-18-12)16-8(7)2-3-14-11/h2-3,11,14,16H,4-5H2,1H3,(H2,13,17,20). The van der Waals surface area contributed by atoms with E-state index in [4.69, 9.17) is 15.8 Å². The SMILES string of the molecule is COC1NC=CC2=C1CC(C(=O)NN=N)=C(CN=[N+]=[N-])N2. The molecule has 0 fully saturated rings. The van der Waals surface area contributed by atoms with Crippen LogP contribution in [0.3, 0.4) is 0 Å². The summed E-state index contributed by atoms with van der Waals surface area (Å²) in [5, 5.41) is 12.4. The number of methoxy groups -OCH3 is 1. The number of nitrogens with zero attached hydrogens (tertiary/aromatic N) is 4. The zero-order valence-electron chi connectivity index (χ0n) is 11.3. The number of hydrogen-bond acceptors (Lipinski definition) is 7. The Kier molecular flexibility index (Phi) is 4.54. The van der Waals surface area contributed by atoms with Crippen molar-refractivity contribution in [2.75, 3.05) is 13.7 Å². The lowest BCUT2D eigenvalue weighted by atomic mass is 9.94. The summed E-state index contributed by atoms with van der Waals surface area (Å²) in [5.74, 6) is -0.517. The van der Waals surface area contributed by atoms with Gasteiger partial charge in [0.15, 0.2) is 6.23 Å². The second kappa shape index (κ2) is 6.55. The van der Waals surface area contributed by atoms with E-state index in [1.54, 1.807) is 13.3 Å². The number of carbonyl (C=O) groups is 1.